The van der Waals surface area contributed by atoms with Crippen LogP contribution in [0.3, 0.4) is 0 Å². The fourth-order valence-electron chi connectivity index (χ4n) is 2.08. The molecule has 1 aromatic carbocycles. The Bertz CT molecular complexity index is 539. The van der Waals surface area contributed by atoms with Gasteiger partial charge in [-0.15, -0.1) is 0 Å². The van der Waals surface area contributed by atoms with Gasteiger partial charge in [-0.2, -0.15) is 0 Å². The molecule has 24 heavy (non-hydrogen) atoms. The van der Waals surface area contributed by atoms with Gasteiger partial charge in [0.1, 0.15) is 0 Å². The lowest BCUT2D eigenvalue weighted by Crippen LogP contribution is -2.22. The second-order valence-corrected chi connectivity index (χ2v) is 5.55. The van der Waals surface area contributed by atoms with Crippen LogP contribution in [-0.4, -0.2) is 24.5 Å². The molecule has 0 aliphatic rings. The van der Waals surface area contributed by atoms with E-state index in [9.17, 15) is 19.5 Å². The highest BCUT2D eigenvalue weighted by Crippen LogP contribution is 2.12. The number of anilines is 1. The zero-order valence-electron chi connectivity index (χ0n) is 14.0. The largest absolute Gasteiger partial charge is 0.550 e. The van der Waals surface area contributed by atoms with Crippen LogP contribution in [-0.2, 0) is 14.3 Å². The molecule has 1 aromatic rings. The maximum atomic E-state index is 11.8. The topological polar surface area (TPSA) is 95.5 Å². The number of benzene rings is 1. The van der Waals surface area contributed by atoms with Crippen molar-refractivity contribution >= 4 is 23.5 Å². The third kappa shape index (κ3) is 8.31. The molecule has 0 unspecified atom stereocenters. The molecule has 0 aliphatic heterocycles. The minimum atomic E-state index is -1.17. The summed E-state index contributed by atoms with van der Waals surface area (Å²) in [5, 5.41) is 12.9. The first kappa shape index (κ1) is 19.7. The van der Waals surface area contributed by atoms with Crippen molar-refractivity contribution in [3.63, 3.8) is 0 Å². The first-order valence-corrected chi connectivity index (χ1v) is 8.29. The van der Waals surface area contributed by atoms with Crippen LogP contribution in [0.25, 0.3) is 0 Å². The van der Waals surface area contributed by atoms with E-state index >= 15 is 0 Å². The minimum Gasteiger partial charge on any atom is -0.550 e. The summed E-state index contributed by atoms with van der Waals surface area (Å²) in [4.78, 5) is 33.7. The monoisotopic (exact) mass is 334 g/mol. The number of esters is 1. The number of ether oxygens (including phenoxy) is 1. The van der Waals surface area contributed by atoms with Gasteiger partial charge in [0.05, 0.1) is 12.2 Å². The third-order valence-corrected chi connectivity index (χ3v) is 3.42. The van der Waals surface area contributed by atoms with Gasteiger partial charge in [0.2, 0.25) is 5.91 Å². The van der Waals surface area contributed by atoms with Crippen LogP contribution >= 0.6 is 0 Å². The van der Waals surface area contributed by atoms with Gasteiger partial charge >= 0.3 is 5.97 Å². The summed E-state index contributed by atoms with van der Waals surface area (Å²) in [6, 6.07) is 6.41. The van der Waals surface area contributed by atoms with Crippen LogP contribution in [0.5, 0.6) is 0 Å². The Balaban J connectivity index is 2.35. The van der Waals surface area contributed by atoms with E-state index in [1.165, 1.54) is 0 Å². The standard InChI is InChI=1S/C18H25NO5/c1-2-3-4-5-13-24-18(23)14-9-11-15(12-10-14)19-16(20)7-6-8-17(21)22/h9-12H,2-8,13H2,1H3,(H,19,20)(H,21,22)/p-1. The normalized spacial score (nSPS) is 10.2. The fourth-order valence-corrected chi connectivity index (χ4v) is 2.08. The van der Waals surface area contributed by atoms with E-state index in [0.29, 0.717) is 17.9 Å². The van der Waals surface area contributed by atoms with Crippen LogP contribution in [0.15, 0.2) is 24.3 Å². The molecule has 132 valence electrons. The Kier molecular flexibility index (Phi) is 9.19. The molecule has 0 heterocycles. The van der Waals surface area contributed by atoms with Crippen LogP contribution in [0, 0.1) is 0 Å². The van der Waals surface area contributed by atoms with Crippen molar-refractivity contribution in [1.82, 2.24) is 0 Å². The van der Waals surface area contributed by atoms with Gasteiger partial charge < -0.3 is 20.0 Å². The van der Waals surface area contributed by atoms with Crippen molar-refractivity contribution < 1.29 is 24.2 Å². The van der Waals surface area contributed by atoms with E-state index in [-0.39, 0.29) is 31.1 Å². The molecule has 1 rings (SSSR count). The minimum absolute atomic E-state index is 0.107. The van der Waals surface area contributed by atoms with E-state index in [0.717, 1.165) is 25.7 Å². The van der Waals surface area contributed by atoms with Crippen LogP contribution in [0.1, 0.15) is 62.2 Å². The van der Waals surface area contributed by atoms with Crippen LogP contribution in [0.2, 0.25) is 0 Å². The number of hydrogen-bond acceptors (Lipinski definition) is 5. The summed E-state index contributed by atoms with van der Waals surface area (Å²) in [5.41, 5.74) is 0.980. The van der Waals surface area contributed by atoms with Crippen molar-refractivity contribution in [2.24, 2.45) is 0 Å². The van der Waals surface area contributed by atoms with E-state index in [1.54, 1.807) is 24.3 Å². The highest BCUT2D eigenvalue weighted by molar-refractivity contribution is 5.93. The maximum absolute atomic E-state index is 11.8. The number of carbonyl (C=O) groups is 3. The summed E-state index contributed by atoms with van der Waals surface area (Å²) in [5.74, 6) is -1.82. The van der Waals surface area contributed by atoms with Crippen molar-refractivity contribution in [3.05, 3.63) is 29.8 Å². The summed E-state index contributed by atoms with van der Waals surface area (Å²) >= 11 is 0. The number of carbonyl (C=O) groups excluding carboxylic acids is 3. The summed E-state index contributed by atoms with van der Waals surface area (Å²) < 4.78 is 5.18. The smallest absolute Gasteiger partial charge is 0.338 e. The third-order valence-electron chi connectivity index (χ3n) is 3.42. The molecule has 0 radical (unpaired) electrons. The number of aliphatic carboxylic acids is 1. The highest BCUT2D eigenvalue weighted by Gasteiger charge is 2.08. The molecule has 0 fully saturated rings. The van der Waals surface area contributed by atoms with E-state index in [2.05, 4.69) is 12.2 Å². The fraction of sp³-hybridized carbons (Fsp3) is 0.500. The van der Waals surface area contributed by atoms with Crippen molar-refractivity contribution in [3.8, 4) is 0 Å². The number of carboxylic acid groups (broad SMARTS) is 1. The molecule has 1 N–H and O–H groups in total. The summed E-state index contributed by atoms with van der Waals surface area (Å²) in [6.45, 7) is 2.53. The maximum Gasteiger partial charge on any atom is 0.338 e. The van der Waals surface area contributed by atoms with Crippen LogP contribution in [0.4, 0.5) is 5.69 Å². The van der Waals surface area contributed by atoms with Crippen molar-refractivity contribution in [2.45, 2.75) is 51.9 Å². The Morgan fingerprint density at radius 2 is 1.71 bits per heavy atom. The number of unbranched alkanes of at least 4 members (excludes halogenated alkanes) is 3. The van der Waals surface area contributed by atoms with Gasteiger partial charge in [0, 0.05) is 18.1 Å². The molecule has 0 aromatic heterocycles. The van der Waals surface area contributed by atoms with Crippen molar-refractivity contribution in [2.75, 3.05) is 11.9 Å². The average molecular weight is 334 g/mol. The number of rotatable bonds is 11. The van der Waals surface area contributed by atoms with E-state index < -0.39 is 5.97 Å². The zero-order valence-corrected chi connectivity index (χ0v) is 14.0. The lowest BCUT2D eigenvalue weighted by molar-refractivity contribution is -0.305. The molecular weight excluding hydrogens is 310 g/mol. The Morgan fingerprint density at radius 3 is 2.33 bits per heavy atom. The zero-order chi connectivity index (χ0) is 17.8. The molecule has 6 nitrogen and oxygen atoms in total. The quantitative estimate of drug-likeness (QED) is 0.495. The molecule has 0 atom stereocenters. The SMILES string of the molecule is CCCCCCOC(=O)c1ccc(NC(=O)CCCC(=O)[O-])cc1. The van der Waals surface area contributed by atoms with Gasteiger partial charge in [-0.3, -0.25) is 4.79 Å². The average Bonchev–Trinajstić information content (AvgIpc) is 2.54. The van der Waals surface area contributed by atoms with Gasteiger partial charge in [-0.1, -0.05) is 26.2 Å². The summed E-state index contributed by atoms with van der Waals surface area (Å²) in [7, 11) is 0. The first-order valence-electron chi connectivity index (χ1n) is 8.29. The lowest BCUT2D eigenvalue weighted by Gasteiger charge is -2.07. The van der Waals surface area contributed by atoms with Gasteiger partial charge in [-0.25, -0.2) is 4.79 Å². The lowest BCUT2D eigenvalue weighted by atomic mass is 10.2. The molecule has 0 bridgehead atoms. The molecule has 0 saturated heterocycles. The van der Waals surface area contributed by atoms with Gasteiger partial charge in [0.15, 0.2) is 0 Å². The van der Waals surface area contributed by atoms with Gasteiger partial charge in [0.25, 0.3) is 0 Å². The molecular formula is C18H24NO5-. The van der Waals surface area contributed by atoms with Gasteiger partial charge in [-0.05, 0) is 43.5 Å². The second-order valence-electron chi connectivity index (χ2n) is 5.55. The van der Waals surface area contributed by atoms with Crippen molar-refractivity contribution in [1.29, 1.82) is 0 Å². The van der Waals surface area contributed by atoms with Crippen LogP contribution < -0.4 is 10.4 Å². The molecule has 0 aliphatic carbocycles. The first-order chi connectivity index (χ1) is 11.5. The van der Waals surface area contributed by atoms with E-state index in [1.807, 2.05) is 0 Å². The predicted molar refractivity (Wildman–Crippen MR) is 88.4 cm³/mol. The molecule has 1 amide bonds. The summed E-state index contributed by atoms with van der Waals surface area (Å²) in [6.07, 6.45) is 4.37. The predicted octanol–water partition coefficient (Wildman–Crippen LogP) is 2.28. The Morgan fingerprint density at radius 1 is 1.00 bits per heavy atom. The second kappa shape index (κ2) is 11.2. The molecule has 6 heteroatoms. The molecule has 0 spiro atoms. The number of amides is 1. The number of hydrogen-bond donors (Lipinski definition) is 1. The Hall–Kier alpha value is -2.37. The molecule has 0 saturated carbocycles. The van der Waals surface area contributed by atoms with E-state index in [4.69, 9.17) is 4.74 Å². The highest BCUT2D eigenvalue weighted by atomic mass is 16.5. The number of carboxylic acids is 1. The Labute approximate surface area is 142 Å². The number of nitrogens with one attached hydrogen (secondary N) is 1.